The Hall–Kier alpha value is -2.08. The number of methoxy groups -OCH3 is 1. The van der Waals surface area contributed by atoms with Crippen LogP contribution in [0.1, 0.15) is 26.7 Å². The summed E-state index contributed by atoms with van der Waals surface area (Å²) < 4.78 is 5.12. The second-order valence-corrected chi connectivity index (χ2v) is 4.67. The molecule has 6 nitrogen and oxygen atoms in total. The molecule has 4 N–H and O–H groups in total. The van der Waals surface area contributed by atoms with Crippen LogP contribution in [-0.4, -0.2) is 25.5 Å². The molecule has 21 heavy (non-hydrogen) atoms. The van der Waals surface area contributed by atoms with E-state index in [-0.39, 0.29) is 24.3 Å². The minimum absolute atomic E-state index is 0.0508. The first-order valence-electron chi connectivity index (χ1n) is 7.04. The number of ether oxygens (including phenoxy) is 1. The average molecular weight is 293 g/mol. The van der Waals surface area contributed by atoms with Gasteiger partial charge in [-0.05, 0) is 25.0 Å². The monoisotopic (exact) mass is 293 g/mol. The molecule has 0 aliphatic heterocycles. The molecular weight excluding hydrogens is 270 g/mol. The SMILES string of the molecule is CCC(CC)C(=O)Nc1ccc(OC)cc1NC(=O)CN. The van der Waals surface area contributed by atoms with Crippen molar-refractivity contribution in [3.8, 4) is 5.75 Å². The van der Waals surface area contributed by atoms with Crippen molar-refractivity contribution in [2.24, 2.45) is 11.7 Å². The maximum absolute atomic E-state index is 12.2. The molecule has 1 rings (SSSR count). The highest BCUT2D eigenvalue weighted by Crippen LogP contribution is 2.28. The molecular formula is C15H23N3O3. The van der Waals surface area contributed by atoms with Gasteiger partial charge in [0.25, 0.3) is 0 Å². The summed E-state index contributed by atoms with van der Waals surface area (Å²) in [5.74, 6) is 0.141. The number of rotatable bonds is 7. The van der Waals surface area contributed by atoms with Crippen molar-refractivity contribution in [3.63, 3.8) is 0 Å². The first-order chi connectivity index (χ1) is 10.0. The predicted octanol–water partition coefficient (Wildman–Crippen LogP) is 1.97. The minimum Gasteiger partial charge on any atom is -0.497 e. The molecule has 0 bridgehead atoms. The molecule has 6 heteroatoms. The Morgan fingerprint density at radius 2 is 1.86 bits per heavy atom. The van der Waals surface area contributed by atoms with Crippen LogP contribution >= 0.6 is 0 Å². The highest BCUT2D eigenvalue weighted by Gasteiger charge is 2.16. The third kappa shape index (κ3) is 4.75. The Morgan fingerprint density at radius 3 is 2.38 bits per heavy atom. The summed E-state index contributed by atoms with van der Waals surface area (Å²) in [5, 5.41) is 5.50. The van der Waals surface area contributed by atoms with Gasteiger partial charge < -0.3 is 21.1 Å². The van der Waals surface area contributed by atoms with Crippen LogP contribution in [0.3, 0.4) is 0 Å². The Labute approximate surface area is 125 Å². The van der Waals surface area contributed by atoms with E-state index in [1.54, 1.807) is 18.2 Å². The van der Waals surface area contributed by atoms with Gasteiger partial charge in [-0.2, -0.15) is 0 Å². The zero-order chi connectivity index (χ0) is 15.8. The van der Waals surface area contributed by atoms with Gasteiger partial charge in [-0.1, -0.05) is 13.8 Å². The number of nitrogens with two attached hydrogens (primary N) is 1. The van der Waals surface area contributed by atoms with Gasteiger partial charge in [0.1, 0.15) is 5.75 Å². The first kappa shape index (κ1) is 17.0. The van der Waals surface area contributed by atoms with Gasteiger partial charge in [0.15, 0.2) is 0 Å². The Balaban J connectivity index is 2.99. The molecule has 0 unspecified atom stereocenters. The van der Waals surface area contributed by atoms with Crippen molar-refractivity contribution >= 4 is 23.2 Å². The summed E-state index contributed by atoms with van der Waals surface area (Å²) >= 11 is 0. The van der Waals surface area contributed by atoms with Crippen molar-refractivity contribution in [3.05, 3.63) is 18.2 Å². The second-order valence-electron chi connectivity index (χ2n) is 4.67. The molecule has 0 heterocycles. The Morgan fingerprint density at radius 1 is 1.19 bits per heavy atom. The van der Waals surface area contributed by atoms with E-state index in [9.17, 15) is 9.59 Å². The van der Waals surface area contributed by atoms with Crippen molar-refractivity contribution in [1.29, 1.82) is 0 Å². The van der Waals surface area contributed by atoms with Crippen LogP contribution in [0.15, 0.2) is 18.2 Å². The van der Waals surface area contributed by atoms with Gasteiger partial charge in [0.05, 0.1) is 25.0 Å². The molecule has 1 aromatic carbocycles. The normalized spacial score (nSPS) is 10.3. The number of carbonyl (C=O) groups excluding carboxylic acids is 2. The lowest BCUT2D eigenvalue weighted by atomic mass is 10.0. The number of hydrogen-bond acceptors (Lipinski definition) is 4. The number of benzene rings is 1. The standard InChI is InChI=1S/C15H23N3O3/c1-4-10(5-2)15(20)18-12-7-6-11(21-3)8-13(12)17-14(19)9-16/h6-8,10H,4-5,9,16H2,1-3H3,(H,17,19)(H,18,20). The average Bonchev–Trinajstić information content (AvgIpc) is 2.50. The zero-order valence-electron chi connectivity index (χ0n) is 12.7. The summed E-state index contributed by atoms with van der Waals surface area (Å²) in [6, 6.07) is 5.07. The molecule has 0 radical (unpaired) electrons. The number of amides is 2. The highest BCUT2D eigenvalue weighted by molar-refractivity contribution is 6.01. The number of carbonyl (C=O) groups is 2. The molecule has 0 atom stereocenters. The lowest BCUT2D eigenvalue weighted by molar-refractivity contribution is -0.120. The maximum Gasteiger partial charge on any atom is 0.238 e. The molecule has 2 amide bonds. The fraction of sp³-hybridized carbons (Fsp3) is 0.467. The van der Waals surface area contributed by atoms with E-state index >= 15 is 0 Å². The third-order valence-electron chi connectivity index (χ3n) is 3.30. The van der Waals surface area contributed by atoms with Gasteiger partial charge in [-0.25, -0.2) is 0 Å². The first-order valence-corrected chi connectivity index (χ1v) is 7.04. The number of anilines is 2. The summed E-state index contributed by atoms with van der Waals surface area (Å²) in [4.78, 5) is 23.6. The van der Waals surface area contributed by atoms with Crippen LogP contribution in [-0.2, 0) is 9.59 Å². The van der Waals surface area contributed by atoms with E-state index in [0.29, 0.717) is 17.1 Å². The maximum atomic E-state index is 12.2. The summed E-state index contributed by atoms with van der Waals surface area (Å²) in [5.41, 5.74) is 6.32. The Kier molecular flexibility index (Phi) is 6.68. The van der Waals surface area contributed by atoms with Gasteiger partial charge in [0.2, 0.25) is 11.8 Å². The van der Waals surface area contributed by atoms with Crippen molar-refractivity contribution in [2.45, 2.75) is 26.7 Å². The van der Waals surface area contributed by atoms with Crippen LogP contribution in [0.2, 0.25) is 0 Å². The lowest BCUT2D eigenvalue weighted by Crippen LogP contribution is -2.25. The molecule has 0 spiro atoms. The largest absolute Gasteiger partial charge is 0.497 e. The Bertz CT molecular complexity index is 499. The van der Waals surface area contributed by atoms with Crippen LogP contribution in [0.5, 0.6) is 5.75 Å². The molecule has 0 aliphatic carbocycles. The van der Waals surface area contributed by atoms with E-state index in [0.717, 1.165) is 12.8 Å². The topological polar surface area (TPSA) is 93.5 Å². The molecule has 0 fully saturated rings. The van der Waals surface area contributed by atoms with E-state index < -0.39 is 0 Å². The van der Waals surface area contributed by atoms with Crippen LogP contribution in [0.4, 0.5) is 11.4 Å². The van der Waals surface area contributed by atoms with Gasteiger partial charge >= 0.3 is 0 Å². The predicted molar refractivity (Wildman–Crippen MR) is 83.4 cm³/mol. The third-order valence-corrected chi connectivity index (χ3v) is 3.30. The van der Waals surface area contributed by atoms with Gasteiger partial charge in [0, 0.05) is 12.0 Å². The van der Waals surface area contributed by atoms with Crippen molar-refractivity contribution in [2.75, 3.05) is 24.3 Å². The van der Waals surface area contributed by atoms with Gasteiger partial charge in [-0.3, -0.25) is 9.59 Å². The molecule has 0 saturated carbocycles. The highest BCUT2D eigenvalue weighted by atomic mass is 16.5. The van der Waals surface area contributed by atoms with E-state index in [1.807, 2.05) is 13.8 Å². The summed E-state index contributed by atoms with van der Waals surface area (Å²) in [6.45, 7) is 3.81. The number of nitrogens with one attached hydrogen (secondary N) is 2. The van der Waals surface area contributed by atoms with Crippen LogP contribution < -0.4 is 21.1 Å². The molecule has 0 aliphatic rings. The van der Waals surface area contributed by atoms with Crippen LogP contribution in [0.25, 0.3) is 0 Å². The number of hydrogen-bond donors (Lipinski definition) is 3. The van der Waals surface area contributed by atoms with Gasteiger partial charge in [-0.15, -0.1) is 0 Å². The molecule has 0 aromatic heterocycles. The van der Waals surface area contributed by atoms with E-state index in [1.165, 1.54) is 7.11 Å². The van der Waals surface area contributed by atoms with Crippen molar-refractivity contribution in [1.82, 2.24) is 0 Å². The fourth-order valence-electron chi connectivity index (χ4n) is 1.96. The minimum atomic E-state index is -0.332. The van der Waals surface area contributed by atoms with Crippen LogP contribution in [0, 0.1) is 5.92 Å². The zero-order valence-corrected chi connectivity index (χ0v) is 12.7. The fourth-order valence-corrected chi connectivity index (χ4v) is 1.96. The molecule has 0 saturated heterocycles. The lowest BCUT2D eigenvalue weighted by Gasteiger charge is -2.16. The molecule has 1 aromatic rings. The quantitative estimate of drug-likeness (QED) is 0.716. The van der Waals surface area contributed by atoms with Crippen molar-refractivity contribution < 1.29 is 14.3 Å². The second kappa shape index (κ2) is 8.26. The summed E-state index contributed by atoms with van der Waals surface area (Å²) in [7, 11) is 1.53. The van der Waals surface area contributed by atoms with E-state index in [4.69, 9.17) is 10.5 Å². The van der Waals surface area contributed by atoms with E-state index in [2.05, 4.69) is 10.6 Å². The molecule has 116 valence electrons. The summed E-state index contributed by atoms with van der Waals surface area (Å²) in [6.07, 6.45) is 1.53. The smallest absolute Gasteiger partial charge is 0.238 e.